The van der Waals surface area contributed by atoms with Gasteiger partial charge in [0.25, 0.3) is 0 Å². The molecule has 5 rings (SSSR count). The first-order valence-corrected chi connectivity index (χ1v) is 13.9. The predicted octanol–water partition coefficient (Wildman–Crippen LogP) is 2.86. The Kier molecular flexibility index (Phi) is 10.8. The maximum absolute atomic E-state index is 10.6. The van der Waals surface area contributed by atoms with Gasteiger partial charge in [0.1, 0.15) is 23.7 Å². The number of hydrogen-bond acceptors (Lipinski definition) is 13. The third kappa shape index (κ3) is 8.23. The number of phenols is 2. The number of aromatic hydroxyl groups is 2. The van der Waals surface area contributed by atoms with E-state index in [0.717, 1.165) is 5.56 Å². The predicted molar refractivity (Wildman–Crippen MR) is 159 cm³/mol. The summed E-state index contributed by atoms with van der Waals surface area (Å²) in [4.78, 5) is 18.3. The van der Waals surface area contributed by atoms with Crippen molar-refractivity contribution in [2.45, 2.75) is 31.9 Å². The molecule has 3 heterocycles. The van der Waals surface area contributed by atoms with Crippen LogP contribution in [0.2, 0.25) is 0 Å². The lowest BCUT2D eigenvalue weighted by Crippen LogP contribution is -2.33. The van der Waals surface area contributed by atoms with E-state index in [1.54, 1.807) is 6.20 Å². The Hall–Kier alpha value is -5.46. The Morgan fingerprint density at radius 1 is 1.06 bits per heavy atom. The van der Waals surface area contributed by atoms with Gasteiger partial charge in [-0.25, -0.2) is 19.4 Å². The minimum absolute atomic E-state index is 0.0670. The van der Waals surface area contributed by atoms with Crippen molar-refractivity contribution >= 4 is 22.8 Å². The summed E-state index contributed by atoms with van der Waals surface area (Å²) in [5.74, 6) is -2.39. The number of hydrogen-bond donors (Lipinski definition) is 7. The van der Waals surface area contributed by atoms with Crippen molar-refractivity contribution in [2.24, 2.45) is 0 Å². The molecule has 0 saturated carbocycles. The molecule has 0 fully saturated rings. The summed E-state index contributed by atoms with van der Waals surface area (Å²) >= 11 is 0. The van der Waals surface area contributed by atoms with Crippen LogP contribution >= 0.6 is 0 Å². The molecule has 0 aliphatic rings. The lowest BCUT2D eigenvalue weighted by molar-refractivity contribution is -0.192. The lowest BCUT2D eigenvalue weighted by Gasteiger charge is -2.17. The number of nitrogens with one attached hydrogen (secondary N) is 1. The maximum Gasteiger partial charge on any atom is 0.490 e. The number of fused-ring (bicyclic) bond motifs is 1. The largest absolute Gasteiger partial charge is 0.504 e. The van der Waals surface area contributed by atoms with Crippen molar-refractivity contribution in [1.82, 2.24) is 30.2 Å². The van der Waals surface area contributed by atoms with Gasteiger partial charge < -0.3 is 45.9 Å². The summed E-state index contributed by atoms with van der Waals surface area (Å²) in [6.45, 7) is 2.61. The molecular weight excluding hydrogens is 631 g/mol. The first-order chi connectivity index (χ1) is 22.3. The first-order valence-electron chi connectivity index (χ1n) is 13.9. The minimum atomic E-state index is -5.08. The van der Waals surface area contributed by atoms with E-state index < -0.39 is 24.4 Å². The summed E-state index contributed by atoms with van der Waals surface area (Å²) in [5, 5.41) is 57.7. The lowest BCUT2D eigenvalue weighted by atomic mass is 10.1. The number of aryl methyl sites for hydroxylation is 1. The molecule has 0 aliphatic heterocycles. The number of halogens is 3. The van der Waals surface area contributed by atoms with Gasteiger partial charge in [0.05, 0.1) is 18.0 Å². The number of aliphatic hydroxyl groups is 2. The zero-order chi connectivity index (χ0) is 34.3. The zero-order valence-electron chi connectivity index (χ0n) is 24.6. The number of aromatic nitrogens is 5. The minimum Gasteiger partial charge on any atom is -0.504 e. The van der Waals surface area contributed by atoms with Crippen LogP contribution in [0.25, 0.3) is 33.8 Å². The average molecular weight is 662 g/mol. The molecule has 2 atom stereocenters. The number of nitrogens with two attached hydrogens (primary N) is 1. The van der Waals surface area contributed by atoms with Crippen LogP contribution in [0.5, 0.6) is 17.2 Å². The van der Waals surface area contributed by atoms with Crippen LogP contribution in [0.15, 0.2) is 59.4 Å². The van der Waals surface area contributed by atoms with Crippen molar-refractivity contribution in [1.29, 1.82) is 0 Å². The molecule has 1 unspecified atom stereocenters. The summed E-state index contributed by atoms with van der Waals surface area (Å²) in [6, 6.07) is 13.7. The molecule has 0 bridgehead atoms. The third-order valence-electron chi connectivity index (χ3n) is 6.60. The number of anilines is 1. The normalized spacial score (nSPS) is 12.7. The van der Waals surface area contributed by atoms with Crippen molar-refractivity contribution in [2.75, 3.05) is 25.4 Å². The van der Waals surface area contributed by atoms with E-state index in [1.165, 1.54) is 18.2 Å². The number of carboxylic acid groups (broad SMARTS) is 1. The quantitative estimate of drug-likeness (QED) is 0.101. The van der Waals surface area contributed by atoms with Crippen molar-refractivity contribution < 1.29 is 52.9 Å². The van der Waals surface area contributed by atoms with Crippen molar-refractivity contribution in [3.8, 4) is 40.0 Å². The highest BCUT2D eigenvalue weighted by atomic mass is 19.4. The van der Waals surface area contributed by atoms with Crippen molar-refractivity contribution in [3.63, 3.8) is 0 Å². The van der Waals surface area contributed by atoms with Crippen molar-refractivity contribution in [3.05, 3.63) is 60.3 Å². The highest BCUT2D eigenvalue weighted by Crippen LogP contribution is 2.36. The maximum atomic E-state index is 10.6. The number of pyridine rings is 1. The topological polar surface area (TPSA) is 235 Å². The second-order valence-corrected chi connectivity index (χ2v) is 9.90. The highest BCUT2D eigenvalue weighted by molar-refractivity contribution is 5.95. The SMILES string of the molecule is CCn1c(-c2nonc2N)nc2c(-c3ccccc3)ncc(OCC(O)CNC[C@H](O)c3ccc(O)c(O)c3)c21.O=C(O)C(F)(F)F. The molecule has 0 amide bonds. The van der Waals surface area contributed by atoms with Crippen LogP contribution in [0, 0.1) is 0 Å². The Labute approximate surface area is 263 Å². The van der Waals surface area contributed by atoms with Crippen LogP contribution < -0.4 is 15.8 Å². The Morgan fingerprint density at radius 2 is 1.77 bits per heavy atom. The van der Waals surface area contributed by atoms with Gasteiger partial charge >= 0.3 is 12.1 Å². The number of imidazole rings is 1. The fraction of sp³-hybridized carbons (Fsp3) is 0.276. The number of benzene rings is 2. The van der Waals surface area contributed by atoms with E-state index in [0.29, 0.717) is 46.1 Å². The Balaban J connectivity index is 0.000000644. The van der Waals surface area contributed by atoms with Gasteiger partial charge in [-0.15, -0.1) is 0 Å². The Bertz CT molecular complexity index is 1820. The molecular formula is C29H30F3N7O8. The zero-order valence-corrected chi connectivity index (χ0v) is 24.6. The second kappa shape index (κ2) is 14.8. The number of carbonyl (C=O) groups is 1. The van der Waals surface area contributed by atoms with E-state index in [-0.39, 0.29) is 37.0 Å². The van der Waals surface area contributed by atoms with Gasteiger partial charge in [0.2, 0.25) is 0 Å². The third-order valence-corrected chi connectivity index (χ3v) is 6.60. The van der Waals surface area contributed by atoms with Gasteiger partial charge in [-0.3, -0.25) is 0 Å². The summed E-state index contributed by atoms with van der Waals surface area (Å²) in [5.41, 5.74) is 9.42. The van der Waals surface area contributed by atoms with Gasteiger partial charge in [-0.2, -0.15) is 13.2 Å². The molecule has 250 valence electrons. The molecule has 15 nitrogen and oxygen atoms in total. The number of phenolic OH excluding ortho intramolecular Hbond substituents is 2. The van der Waals surface area contributed by atoms with Gasteiger partial charge in [-0.1, -0.05) is 36.4 Å². The monoisotopic (exact) mass is 661 g/mol. The molecule has 5 aromatic rings. The fourth-order valence-electron chi connectivity index (χ4n) is 4.36. The molecule has 0 aliphatic carbocycles. The van der Waals surface area contributed by atoms with Gasteiger partial charge in [0.15, 0.2) is 34.6 Å². The summed E-state index contributed by atoms with van der Waals surface area (Å²) in [6.07, 6.45) is -5.37. The average Bonchev–Trinajstić information content (AvgIpc) is 3.64. The number of ether oxygens (including phenoxy) is 1. The number of carboxylic acids is 1. The molecule has 2 aromatic carbocycles. The molecule has 3 aromatic heterocycles. The van der Waals surface area contributed by atoms with E-state index in [1.807, 2.05) is 41.8 Å². The Morgan fingerprint density at radius 3 is 2.36 bits per heavy atom. The van der Waals surface area contributed by atoms with Crippen LogP contribution in [0.1, 0.15) is 18.6 Å². The van der Waals surface area contributed by atoms with Crippen LogP contribution in [0.4, 0.5) is 19.0 Å². The number of aliphatic hydroxyl groups excluding tert-OH is 2. The number of nitrogens with zero attached hydrogens (tertiary/aromatic N) is 5. The fourth-order valence-corrected chi connectivity index (χ4v) is 4.36. The van der Waals surface area contributed by atoms with Crippen LogP contribution in [0.3, 0.4) is 0 Å². The standard InChI is InChI=1S/C27H29N7O6.C2HF3O2/c1-2-34-25-21(39-14-17(35)11-29-12-20(38)16-8-9-18(36)19(37)10-16)13-30-22(15-6-4-3-5-7-15)23(25)31-27(34)24-26(28)33-40-32-24;3-2(4,5)1(6)7/h3-10,13,17,20,29,35-38H,2,11-12,14H2,1H3,(H2,28,33);(H,6,7)/t17?,20-;/m0./s1. The smallest absolute Gasteiger partial charge is 0.490 e. The molecule has 8 N–H and O–H groups in total. The van der Waals surface area contributed by atoms with E-state index in [9.17, 15) is 33.6 Å². The van der Waals surface area contributed by atoms with Crippen LogP contribution in [-0.2, 0) is 11.3 Å². The van der Waals surface area contributed by atoms with Gasteiger partial charge in [0, 0.05) is 25.2 Å². The second-order valence-electron chi connectivity index (χ2n) is 9.90. The van der Waals surface area contributed by atoms with Gasteiger partial charge in [-0.05, 0) is 34.9 Å². The molecule has 0 spiro atoms. The number of rotatable bonds is 11. The highest BCUT2D eigenvalue weighted by Gasteiger charge is 2.38. The van der Waals surface area contributed by atoms with E-state index in [4.69, 9.17) is 30.0 Å². The number of alkyl halides is 3. The van der Waals surface area contributed by atoms with Crippen LogP contribution in [-0.4, -0.2) is 88.3 Å². The molecule has 47 heavy (non-hydrogen) atoms. The molecule has 0 saturated heterocycles. The molecule has 18 heteroatoms. The van der Waals surface area contributed by atoms with E-state index in [2.05, 4.69) is 20.6 Å². The number of nitrogen functional groups attached to an aromatic ring is 1. The summed E-state index contributed by atoms with van der Waals surface area (Å²) in [7, 11) is 0. The number of aliphatic carboxylic acids is 1. The summed E-state index contributed by atoms with van der Waals surface area (Å²) < 4.78 is 44.4. The molecule has 0 radical (unpaired) electrons. The van der Waals surface area contributed by atoms with E-state index >= 15 is 0 Å². The first kappa shape index (κ1) is 34.4.